The molecule has 0 bridgehead atoms. The normalized spacial score (nSPS) is 20.5. The molecule has 3 rings (SSSR count). The van der Waals surface area contributed by atoms with Crippen molar-refractivity contribution in [2.75, 3.05) is 6.61 Å². The van der Waals surface area contributed by atoms with E-state index in [9.17, 15) is 0 Å². The summed E-state index contributed by atoms with van der Waals surface area (Å²) in [4.78, 5) is 0. The summed E-state index contributed by atoms with van der Waals surface area (Å²) >= 11 is 0. The van der Waals surface area contributed by atoms with Crippen LogP contribution >= 0.6 is 0 Å². The Morgan fingerprint density at radius 3 is 2.60 bits per heavy atom. The Morgan fingerprint density at radius 1 is 1.27 bits per heavy atom. The van der Waals surface area contributed by atoms with Gasteiger partial charge in [-0.15, -0.1) is 0 Å². The van der Waals surface area contributed by atoms with Crippen LogP contribution in [0.3, 0.4) is 0 Å². The first-order chi connectivity index (χ1) is 7.14. The van der Waals surface area contributed by atoms with E-state index in [4.69, 9.17) is 4.74 Å². The highest BCUT2D eigenvalue weighted by Crippen LogP contribution is 2.58. The number of fused-ring (bicyclic) bond motifs is 2. The van der Waals surface area contributed by atoms with Gasteiger partial charge >= 0.3 is 0 Å². The zero-order chi connectivity index (χ0) is 10.6. The molecule has 0 saturated heterocycles. The third kappa shape index (κ3) is 1.15. The number of rotatable bonds is 1. The van der Waals surface area contributed by atoms with E-state index in [1.54, 1.807) is 0 Å². The maximum Gasteiger partial charge on any atom is 0.126 e. The molecule has 0 aromatic heterocycles. The lowest BCUT2D eigenvalue weighted by atomic mass is 9.87. The van der Waals surface area contributed by atoms with Crippen molar-refractivity contribution in [1.29, 1.82) is 0 Å². The monoisotopic (exact) mass is 202 g/mol. The van der Waals surface area contributed by atoms with Gasteiger partial charge in [-0.3, -0.25) is 0 Å². The molecule has 1 aliphatic carbocycles. The van der Waals surface area contributed by atoms with Crippen molar-refractivity contribution < 1.29 is 4.74 Å². The molecule has 1 nitrogen and oxygen atoms in total. The molecular weight excluding hydrogens is 184 g/mol. The minimum absolute atomic E-state index is 0.418. The molecule has 0 radical (unpaired) electrons. The third-order valence-electron chi connectivity index (χ3n) is 3.89. The van der Waals surface area contributed by atoms with E-state index in [1.807, 2.05) is 0 Å². The molecule has 2 aliphatic rings. The molecular formula is C14H18O. The van der Waals surface area contributed by atoms with Gasteiger partial charge in [0.25, 0.3) is 0 Å². The summed E-state index contributed by atoms with van der Waals surface area (Å²) < 4.78 is 5.90. The van der Waals surface area contributed by atoms with Gasteiger partial charge in [-0.05, 0) is 36.8 Å². The first-order valence-corrected chi connectivity index (χ1v) is 5.91. The summed E-state index contributed by atoms with van der Waals surface area (Å²) in [6.07, 6.45) is 2.65. The number of benzene rings is 1. The summed E-state index contributed by atoms with van der Waals surface area (Å²) in [5.74, 6) is 1.80. The molecule has 0 N–H and O–H groups in total. The first kappa shape index (κ1) is 9.26. The van der Waals surface area contributed by atoms with E-state index >= 15 is 0 Å². The second kappa shape index (κ2) is 2.78. The van der Waals surface area contributed by atoms with Crippen LogP contribution < -0.4 is 4.74 Å². The Morgan fingerprint density at radius 2 is 2.00 bits per heavy atom. The van der Waals surface area contributed by atoms with E-state index in [0.717, 1.165) is 6.61 Å². The lowest BCUT2D eigenvalue weighted by Gasteiger charge is -2.15. The van der Waals surface area contributed by atoms with E-state index in [2.05, 4.69) is 32.9 Å². The van der Waals surface area contributed by atoms with Gasteiger partial charge in [0.15, 0.2) is 0 Å². The van der Waals surface area contributed by atoms with Crippen LogP contribution in [0.5, 0.6) is 5.75 Å². The molecule has 1 fully saturated rings. The van der Waals surface area contributed by atoms with Crippen molar-refractivity contribution in [3.63, 3.8) is 0 Å². The molecule has 1 aromatic carbocycles. The molecule has 0 unspecified atom stereocenters. The molecule has 1 heterocycles. The maximum absolute atomic E-state index is 5.90. The lowest BCUT2D eigenvalue weighted by Crippen LogP contribution is -2.10. The molecule has 1 saturated carbocycles. The predicted octanol–water partition coefficient (Wildman–Crippen LogP) is 3.54. The highest BCUT2D eigenvalue weighted by molar-refractivity contribution is 5.56. The van der Waals surface area contributed by atoms with E-state index in [-0.39, 0.29) is 0 Å². The number of ether oxygens (including phenoxy) is 1. The van der Waals surface area contributed by atoms with E-state index < -0.39 is 0 Å². The molecule has 0 amide bonds. The second-order valence-corrected chi connectivity index (χ2v) is 5.40. The number of aryl methyl sites for hydroxylation is 1. The molecule has 1 heteroatoms. The van der Waals surface area contributed by atoms with Crippen LogP contribution in [-0.2, 0) is 5.41 Å². The summed E-state index contributed by atoms with van der Waals surface area (Å²) in [6, 6.07) is 4.50. The van der Waals surface area contributed by atoms with Crippen molar-refractivity contribution in [3.05, 3.63) is 28.8 Å². The Hall–Kier alpha value is -0.980. The van der Waals surface area contributed by atoms with Gasteiger partial charge in [0.1, 0.15) is 5.75 Å². The fourth-order valence-electron chi connectivity index (χ4n) is 2.74. The minimum atomic E-state index is 0.418. The lowest BCUT2D eigenvalue weighted by molar-refractivity contribution is 0.322. The van der Waals surface area contributed by atoms with Crippen LogP contribution in [0.25, 0.3) is 0 Å². The summed E-state index contributed by atoms with van der Waals surface area (Å²) in [6.45, 7) is 7.63. The quantitative estimate of drug-likeness (QED) is 0.676. The Bertz CT molecular complexity index is 414. The predicted molar refractivity (Wildman–Crippen MR) is 61.7 cm³/mol. The Labute approximate surface area is 91.5 Å². The first-order valence-electron chi connectivity index (χ1n) is 5.91. The Kier molecular flexibility index (Phi) is 1.72. The van der Waals surface area contributed by atoms with Crippen LogP contribution in [-0.4, -0.2) is 6.61 Å². The van der Waals surface area contributed by atoms with Crippen LogP contribution in [0.1, 0.15) is 49.3 Å². The van der Waals surface area contributed by atoms with Gasteiger partial charge in [0.2, 0.25) is 0 Å². The number of hydrogen-bond donors (Lipinski definition) is 0. The van der Waals surface area contributed by atoms with Gasteiger partial charge in [-0.1, -0.05) is 26.0 Å². The second-order valence-electron chi connectivity index (χ2n) is 5.40. The standard InChI is InChI=1S/C14H18O/c1-9(2)11-5-4-10(3)13-12(11)14(6-7-14)8-15-13/h4-5,9H,6-8H2,1-3H3. The SMILES string of the molecule is Cc1ccc(C(C)C)c2c1OCC21CC1. The van der Waals surface area contributed by atoms with E-state index in [0.29, 0.717) is 11.3 Å². The zero-order valence-corrected chi connectivity index (χ0v) is 9.76. The summed E-state index contributed by atoms with van der Waals surface area (Å²) in [5, 5.41) is 0. The van der Waals surface area contributed by atoms with Gasteiger partial charge in [0.05, 0.1) is 6.61 Å². The maximum atomic E-state index is 5.90. The average Bonchev–Trinajstić information content (AvgIpc) is 2.85. The summed E-state index contributed by atoms with van der Waals surface area (Å²) in [5.41, 5.74) is 4.77. The van der Waals surface area contributed by atoms with Crippen LogP contribution in [0.4, 0.5) is 0 Å². The Balaban J connectivity index is 2.23. The average molecular weight is 202 g/mol. The fraction of sp³-hybridized carbons (Fsp3) is 0.571. The zero-order valence-electron chi connectivity index (χ0n) is 9.76. The molecule has 1 aromatic rings. The number of hydrogen-bond acceptors (Lipinski definition) is 1. The van der Waals surface area contributed by atoms with Crippen LogP contribution in [0, 0.1) is 6.92 Å². The van der Waals surface area contributed by atoms with Gasteiger partial charge in [0, 0.05) is 11.0 Å². The van der Waals surface area contributed by atoms with E-state index in [1.165, 1.54) is 35.3 Å². The van der Waals surface area contributed by atoms with Gasteiger partial charge in [-0.25, -0.2) is 0 Å². The van der Waals surface area contributed by atoms with Crippen molar-refractivity contribution >= 4 is 0 Å². The summed E-state index contributed by atoms with van der Waals surface area (Å²) in [7, 11) is 0. The smallest absolute Gasteiger partial charge is 0.126 e. The third-order valence-corrected chi connectivity index (χ3v) is 3.89. The topological polar surface area (TPSA) is 9.23 Å². The van der Waals surface area contributed by atoms with Gasteiger partial charge in [-0.2, -0.15) is 0 Å². The van der Waals surface area contributed by atoms with Crippen molar-refractivity contribution in [1.82, 2.24) is 0 Å². The van der Waals surface area contributed by atoms with Crippen LogP contribution in [0.15, 0.2) is 12.1 Å². The molecule has 15 heavy (non-hydrogen) atoms. The molecule has 0 atom stereocenters. The van der Waals surface area contributed by atoms with Crippen molar-refractivity contribution in [3.8, 4) is 5.75 Å². The minimum Gasteiger partial charge on any atom is -0.492 e. The van der Waals surface area contributed by atoms with Crippen LogP contribution in [0.2, 0.25) is 0 Å². The molecule has 1 aliphatic heterocycles. The molecule has 1 spiro atoms. The highest BCUT2D eigenvalue weighted by Gasteiger charge is 2.52. The van der Waals surface area contributed by atoms with Gasteiger partial charge < -0.3 is 4.74 Å². The van der Waals surface area contributed by atoms with Crippen molar-refractivity contribution in [2.24, 2.45) is 0 Å². The molecule has 80 valence electrons. The van der Waals surface area contributed by atoms with Crippen molar-refractivity contribution in [2.45, 2.75) is 44.9 Å². The fourth-order valence-corrected chi connectivity index (χ4v) is 2.74. The highest BCUT2D eigenvalue weighted by atomic mass is 16.5. The largest absolute Gasteiger partial charge is 0.492 e.